The van der Waals surface area contributed by atoms with Crippen molar-refractivity contribution in [1.82, 2.24) is 15.1 Å². The number of methoxy groups -OCH3 is 1. The summed E-state index contributed by atoms with van der Waals surface area (Å²) in [5, 5.41) is 3.16. The third-order valence-corrected chi connectivity index (χ3v) is 5.15. The largest absolute Gasteiger partial charge is 0.497 e. The minimum Gasteiger partial charge on any atom is -0.497 e. The van der Waals surface area contributed by atoms with E-state index in [1.807, 2.05) is 54.6 Å². The number of nitrogens with one attached hydrogen (secondary N) is 1. The standard InChI is InChI=1S/C23H29N3O4/c1-3-30-23(28)26-15-13-25(14-16-26)17-21(27)24-22(18-7-5-4-6-8-18)19-9-11-20(29-2)12-10-19/h4-12,22H,3,13-17H2,1-2H3,(H,24,27)/t22-/m1/s1. The van der Waals surface area contributed by atoms with Crippen LogP contribution in [0.2, 0.25) is 0 Å². The molecule has 30 heavy (non-hydrogen) atoms. The Labute approximate surface area is 177 Å². The number of hydrogen-bond acceptors (Lipinski definition) is 5. The average molecular weight is 412 g/mol. The molecule has 1 heterocycles. The highest BCUT2D eigenvalue weighted by atomic mass is 16.6. The zero-order valence-electron chi connectivity index (χ0n) is 17.5. The smallest absolute Gasteiger partial charge is 0.409 e. The highest BCUT2D eigenvalue weighted by Gasteiger charge is 2.24. The Morgan fingerprint density at radius 1 is 0.967 bits per heavy atom. The molecule has 0 aromatic heterocycles. The first-order valence-electron chi connectivity index (χ1n) is 10.2. The van der Waals surface area contributed by atoms with Gasteiger partial charge in [-0.15, -0.1) is 0 Å². The molecule has 1 aliphatic heterocycles. The molecule has 0 bridgehead atoms. The van der Waals surface area contributed by atoms with Crippen molar-refractivity contribution < 1.29 is 19.1 Å². The van der Waals surface area contributed by atoms with E-state index in [9.17, 15) is 9.59 Å². The van der Waals surface area contributed by atoms with Crippen LogP contribution in [0, 0.1) is 0 Å². The SMILES string of the molecule is CCOC(=O)N1CCN(CC(=O)N[C@H](c2ccccc2)c2ccc(OC)cc2)CC1. The second-order valence-electron chi connectivity index (χ2n) is 7.15. The maximum Gasteiger partial charge on any atom is 0.409 e. The van der Waals surface area contributed by atoms with Crippen LogP contribution in [0.25, 0.3) is 0 Å². The summed E-state index contributed by atoms with van der Waals surface area (Å²) in [6, 6.07) is 17.4. The predicted octanol–water partition coefficient (Wildman–Crippen LogP) is 2.67. The second kappa shape index (κ2) is 10.6. The van der Waals surface area contributed by atoms with Gasteiger partial charge in [0.25, 0.3) is 0 Å². The fraction of sp³-hybridized carbons (Fsp3) is 0.391. The van der Waals surface area contributed by atoms with Crippen LogP contribution in [0.1, 0.15) is 24.1 Å². The van der Waals surface area contributed by atoms with E-state index in [1.165, 1.54) is 0 Å². The molecule has 0 unspecified atom stereocenters. The van der Waals surface area contributed by atoms with Crippen molar-refractivity contribution in [2.75, 3.05) is 46.4 Å². The monoisotopic (exact) mass is 411 g/mol. The lowest BCUT2D eigenvalue weighted by Gasteiger charge is -2.33. The van der Waals surface area contributed by atoms with Gasteiger partial charge in [0.15, 0.2) is 0 Å². The Morgan fingerprint density at radius 2 is 1.60 bits per heavy atom. The van der Waals surface area contributed by atoms with Gasteiger partial charge in [-0.3, -0.25) is 9.69 Å². The quantitative estimate of drug-likeness (QED) is 0.759. The third-order valence-electron chi connectivity index (χ3n) is 5.15. The zero-order valence-corrected chi connectivity index (χ0v) is 17.5. The normalized spacial score (nSPS) is 15.3. The lowest BCUT2D eigenvalue weighted by Crippen LogP contribution is -2.51. The predicted molar refractivity (Wildman–Crippen MR) is 114 cm³/mol. The minimum absolute atomic E-state index is 0.0516. The van der Waals surface area contributed by atoms with E-state index in [-0.39, 0.29) is 24.6 Å². The summed E-state index contributed by atoms with van der Waals surface area (Å²) in [5.74, 6) is 0.723. The summed E-state index contributed by atoms with van der Waals surface area (Å²) in [7, 11) is 1.63. The van der Waals surface area contributed by atoms with E-state index in [1.54, 1.807) is 18.9 Å². The Kier molecular flexibility index (Phi) is 7.68. The van der Waals surface area contributed by atoms with Crippen molar-refractivity contribution in [2.24, 2.45) is 0 Å². The molecule has 1 saturated heterocycles. The van der Waals surface area contributed by atoms with Gasteiger partial charge in [0.1, 0.15) is 5.75 Å². The van der Waals surface area contributed by atoms with Crippen LogP contribution in [-0.4, -0.2) is 68.2 Å². The molecule has 1 atom stereocenters. The highest BCUT2D eigenvalue weighted by molar-refractivity contribution is 5.79. The van der Waals surface area contributed by atoms with Gasteiger partial charge >= 0.3 is 6.09 Å². The van der Waals surface area contributed by atoms with Crippen molar-refractivity contribution >= 4 is 12.0 Å². The molecule has 1 fully saturated rings. The number of rotatable bonds is 7. The van der Waals surface area contributed by atoms with Crippen molar-refractivity contribution in [1.29, 1.82) is 0 Å². The van der Waals surface area contributed by atoms with Crippen LogP contribution in [0.5, 0.6) is 5.75 Å². The van der Waals surface area contributed by atoms with Crippen molar-refractivity contribution in [3.05, 3.63) is 65.7 Å². The topological polar surface area (TPSA) is 71.1 Å². The number of nitrogens with zero attached hydrogens (tertiary/aromatic N) is 2. The molecule has 0 aliphatic carbocycles. The molecule has 7 nitrogen and oxygen atoms in total. The molecule has 0 saturated carbocycles. The van der Waals surface area contributed by atoms with Gasteiger partial charge in [-0.1, -0.05) is 42.5 Å². The summed E-state index contributed by atoms with van der Waals surface area (Å²) in [6.07, 6.45) is -0.287. The molecule has 3 rings (SSSR count). The van der Waals surface area contributed by atoms with E-state index < -0.39 is 0 Å². The first-order chi connectivity index (χ1) is 14.6. The molecule has 0 spiro atoms. The van der Waals surface area contributed by atoms with E-state index in [0.29, 0.717) is 32.8 Å². The summed E-state index contributed by atoms with van der Waals surface area (Å²) >= 11 is 0. The summed E-state index contributed by atoms with van der Waals surface area (Å²) in [6.45, 7) is 4.86. The minimum atomic E-state index is -0.287. The van der Waals surface area contributed by atoms with Crippen LogP contribution < -0.4 is 10.1 Å². The van der Waals surface area contributed by atoms with Crippen molar-refractivity contribution in [3.63, 3.8) is 0 Å². The van der Waals surface area contributed by atoms with Crippen LogP contribution in [0.4, 0.5) is 4.79 Å². The molecular formula is C23H29N3O4. The number of ether oxygens (including phenoxy) is 2. The van der Waals surface area contributed by atoms with E-state index in [4.69, 9.17) is 9.47 Å². The lowest BCUT2D eigenvalue weighted by atomic mass is 9.98. The fourth-order valence-electron chi connectivity index (χ4n) is 3.51. The molecule has 2 amide bonds. The molecule has 1 aliphatic rings. The van der Waals surface area contributed by atoms with Gasteiger partial charge in [-0.05, 0) is 30.2 Å². The van der Waals surface area contributed by atoms with Gasteiger partial charge in [-0.2, -0.15) is 0 Å². The van der Waals surface area contributed by atoms with Gasteiger partial charge in [0.2, 0.25) is 5.91 Å². The maximum absolute atomic E-state index is 12.8. The number of benzene rings is 2. The second-order valence-corrected chi connectivity index (χ2v) is 7.15. The lowest BCUT2D eigenvalue weighted by molar-refractivity contribution is -0.123. The van der Waals surface area contributed by atoms with Gasteiger partial charge in [-0.25, -0.2) is 4.79 Å². The molecule has 2 aromatic rings. The maximum atomic E-state index is 12.8. The Morgan fingerprint density at radius 3 is 2.20 bits per heavy atom. The highest BCUT2D eigenvalue weighted by Crippen LogP contribution is 2.24. The number of carbonyl (C=O) groups excluding carboxylic acids is 2. The van der Waals surface area contributed by atoms with E-state index in [0.717, 1.165) is 16.9 Å². The molecule has 7 heteroatoms. The number of carbonyl (C=O) groups is 2. The molecule has 160 valence electrons. The van der Waals surface area contributed by atoms with Crippen LogP contribution in [0.15, 0.2) is 54.6 Å². The van der Waals surface area contributed by atoms with Crippen LogP contribution >= 0.6 is 0 Å². The number of hydrogen-bond donors (Lipinski definition) is 1. The first kappa shape index (κ1) is 21.6. The van der Waals surface area contributed by atoms with Crippen molar-refractivity contribution in [2.45, 2.75) is 13.0 Å². The van der Waals surface area contributed by atoms with E-state index >= 15 is 0 Å². The van der Waals surface area contributed by atoms with E-state index in [2.05, 4.69) is 10.2 Å². The Bertz CT molecular complexity index is 818. The van der Waals surface area contributed by atoms with Crippen LogP contribution in [0.3, 0.4) is 0 Å². The summed E-state index contributed by atoms with van der Waals surface area (Å²) in [4.78, 5) is 28.4. The van der Waals surface area contributed by atoms with Gasteiger partial charge in [0.05, 0.1) is 26.3 Å². The van der Waals surface area contributed by atoms with Crippen molar-refractivity contribution in [3.8, 4) is 5.75 Å². The summed E-state index contributed by atoms with van der Waals surface area (Å²) in [5.41, 5.74) is 2.01. The van der Waals surface area contributed by atoms with Gasteiger partial charge < -0.3 is 19.7 Å². The Hall–Kier alpha value is -3.06. The molecular weight excluding hydrogens is 382 g/mol. The number of piperazine rings is 1. The average Bonchev–Trinajstić information content (AvgIpc) is 2.79. The first-order valence-corrected chi connectivity index (χ1v) is 10.2. The molecule has 1 N–H and O–H groups in total. The van der Waals surface area contributed by atoms with Crippen LogP contribution in [-0.2, 0) is 9.53 Å². The molecule has 2 aromatic carbocycles. The third kappa shape index (κ3) is 5.73. The van der Waals surface area contributed by atoms with Gasteiger partial charge in [0, 0.05) is 26.2 Å². The Balaban J connectivity index is 1.62. The fourth-order valence-corrected chi connectivity index (χ4v) is 3.51. The summed E-state index contributed by atoms with van der Waals surface area (Å²) < 4.78 is 10.3. The number of amides is 2. The zero-order chi connectivity index (χ0) is 21.3. The molecule has 0 radical (unpaired) electrons.